The maximum atomic E-state index is 11.9. The number of carbonyl (C=O) groups is 1. The summed E-state index contributed by atoms with van der Waals surface area (Å²) in [4.78, 5) is 13.3. The lowest BCUT2D eigenvalue weighted by Crippen LogP contribution is -2.42. The zero-order valence-corrected chi connectivity index (χ0v) is 12.1. The summed E-state index contributed by atoms with van der Waals surface area (Å²) in [5.41, 5.74) is -0.469. The van der Waals surface area contributed by atoms with Crippen LogP contribution in [0, 0.1) is 0 Å². The molecule has 106 valence electrons. The van der Waals surface area contributed by atoms with Gasteiger partial charge in [-0.2, -0.15) is 0 Å². The van der Waals surface area contributed by atoms with Crippen molar-refractivity contribution in [2.45, 2.75) is 26.0 Å². The Morgan fingerprint density at radius 1 is 1.26 bits per heavy atom. The number of carbonyl (C=O) groups excluding carboxylic acids is 1. The van der Waals surface area contributed by atoms with Gasteiger partial charge in [-0.1, -0.05) is 6.07 Å². The average molecular weight is 267 g/mol. The van der Waals surface area contributed by atoms with Gasteiger partial charge < -0.3 is 19.5 Å². The fourth-order valence-electron chi connectivity index (χ4n) is 1.79. The molecule has 0 spiro atoms. The van der Waals surface area contributed by atoms with Crippen LogP contribution in [0.1, 0.15) is 19.4 Å². The number of rotatable bonds is 5. The standard InChI is InChI=1S/C14H21NO4/c1-14(2,17)13(16)15(3)9-10-6-7-11(18-4)12(8-10)19-5/h6-8,17H,9H2,1-5H3. The predicted molar refractivity (Wildman–Crippen MR) is 72.3 cm³/mol. The van der Waals surface area contributed by atoms with Crippen molar-refractivity contribution < 1.29 is 19.4 Å². The molecule has 0 aliphatic carbocycles. The summed E-state index contributed by atoms with van der Waals surface area (Å²) in [6.45, 7) is 3.34. The molecule has 0 heterocycles. The first-order valence-electron chi connectivity index (χ1n) is 5.98. The molecule has 1 aromatic rings. The maximum absolute atomic E-state index is 11.9. The molecule has 1 aromatic carbocycles. The van der Waals surface area contributed by atoms with E-state index in [-0.39, 0.29) is 5.91 Å². The Hall–Kier alpha value is -1.75. The summed E-state index contributed by atoms with van der Waals surface area (Å²) in [7, 11) is 4.78. The zero-order valence-electron chi connectivity index (χ0n) is 12.1. The van der Waals surface area contributed by atoms with E-state index < -0.39 is 5.60 Å². The van der Waals surface area contributed by atoms with Crippen LogP contribution < -0.4 is 9.47 Å². The molecule has 0 atom stereocenters. The van der Waals surface area contributed by atoms with E-state index >= 15 is 0 Å². The Morgan fingerprint density at radius 3 is 2.32 bits per heavy atom. The zero-order chi connectivity index (χ0) is 14.6. The molecule has 0 fully saturated rings. The van der Waals surface area contributed by atoms with Crippen molar-refractivity contribution in [3.05, 3.63) is 23.8 Å². The minimum Gasteiger partial charge on any atom is -0.493 e. The molecule has 0 saturated heterocycles. The Balaban J connectivity index is 2.86. The van der Waals surface area contributed by atoms with Crippen LogP contribution in [-0.4, -0.2) is 42.8 Å². The van der Waals surface area contributed by atoms with Gasteiger partial charge in [0.1, 0.15) is 5.60 Å². The molecule has 1 amide bonds. The number of methoxy groups -OCH3 is 2. The lowest BCUT2D eigenvalue weighted by atomic mass is 10.1. The summed E-state index contributed by atoms with van der Waals surface area (Å²) in [6, 6.07) is 5.46. The van der Waals surface area contributed by atoms with Crippen molar-refractivity contribution in [3.8, 4) is 11.5 Å². The van der Waals surface area contributed by atoms with E-state index in [1.807, 2.05) is 12.1 Å². The monoisotopic (exact) mass is 267 g/mol. The smallest absolute Gasteiger partial charge is 0.253 e. The summed E-state index contributed by atoms with van der Waals surface area (Å²) in [5.74, 6) is 0.925. The van der Waals surface area contributed by atoms with Crippen LogP contribution in [0.2, 0.25) is 0 Å². The van der Waals surface area contributed by atoms with Crippen LogP contribution in [-0.2, 0) is 11.3 Å². The minimum atomic E-state index is -1.37. The Kier molecular flexibility index (Phi) is 4.78. The van der Waals surface area contributed by atoms with E-state index in [1.54, 1.807) is 27.3 Å². The van der Waals surface area contributed by atoms with E-state index in [4.69, 9.17) is 9.47 Å². The van der Waals surface area contributed by atoms with Gasteiger partial charge in [-0.25, -0.2) is 0 Å². The number of amides is 1. The second-order valence-corrected chi connectivity index (χ2v) is 4.91. The van der Waals surface area contributed by atoms with Gasteiger partial charge in [0.2, 0.25) is 0 Å². The van der Waals surface area contributed by atoms with Gasteiger partial charge in [0.05, 0.1) is 14.2 Å². The minimum absolute atomic E-state index is 0.331. The van der Waals surface area contributed by atoms with Crippen molar-refractivity contribution in [2.75, 3.05) is 21.3 Å². The number of hydrogen-bond donors (Lipinski definition) is 1. The van der Waals surface area contributed by atoms with Gasteiger partial charge in [-0.3, -0.25) is 4.79 Å². The summed E-state index contributed by atoms with van der Waals surface area (Å²) in [6.07, 6.45) is 0. The second kappa shape index (κ2) is 5.93. The average Bonchev–Trinajstić information content (AvgIpc) is 2.36. The third-order valence-corrected chi connectivity index (χ3v) is 2.74. The first-order valence-corrected chi connectivity index (χ1v) is 5.98. The summed E-state index contributed by atoms with van der Waals surface area (Å²) < 4.78 is 10.4. The SMILES string of the molecule is COc1ccc(CN(C)C(=O)C(C)(C)O)cc1OC. The normalized spacial score (nSPS) is 11.1. The molecule has 19 heavy (non-hydrogen) atoms. The van der Waals surface area contributed by atoms with Crippen molar-refractivity contribution in [1.82, 2.24) is 4.90 Å². The number of nitrogens with zero attached hydrogens (tertiary/aromatic N) is 1. The third kappa shape index (κ3) is 3.86. The highest BCUT2D eigenvalue weighted by molar-refractivity contribution is 5.83. The van der Waals surface area contributed by atoms with Crippen LogP contribution in [0.5, 0.6) is 11.5 Å². The molecule has 0 bridgehead atoms. The number of hydrogen-bond acceptors (Lipinski definition) is 4. The van der Waals surface area contributed by atoms with Crippen LogP contribution in [0.3, 0.4) is 0 Å². The highest BCUT2D eigenvalue weighted by Gasteiger charge is 2.27. The maximum Gasteiger partial charge on any atom is 0.253 e. The van der Waals surface area contributed by atoms with E-state index in [1.165, 1.54) is 18.7 Å². The van der Waals surface area contributed by atoms with Crippen LogP contribution in [0.25, 0.3) is 0 Å². The molecule has 0 aromatic heterocycles. The van der Waals surface area contributed by atoms with Crippen LogP contribution >= 0.6 is 0 Å². The largest absolute Gasteiger partial charge is 0.493 e. The Morgan fingerprint density at radius 2 is 1.84 bits per heavy atom. The summed E-state index contributed by atoms with van der Waals surface area (Å²) >= 11 is 0. The van der Waals surface area contributed by atoms with Gasteiger partial charge in [0.25, 0.3) is 5.91 Å². The van der Waals surface area contributed by atoms with E-state index in [2.05, 4.69) is 0 Å². The molecular weight excluding hydrogens is 246 g/mol. The second-order valence-electron chi connectivity index (χ2n) is 4.91. The number of likely N-dealkylation sites (N-methyl/N-ethyl adjacent to an activating group) is 1. The van der Waals surface area contributed by atoms with Gasteiger partial charge in [0.15, 0.2) is 11.5 Å². The molecule has 1 N–H and O–H groups in total. The van der Waals surface area contributed by atoms with Crippen molar-refractivity contribution in [3.63, 3.8) is 0 Å². The van der Waals surface area contributed by atoms with Gasteiger partial charge in [-0.15, -0.1) is 0 Å². The molecule has 0 aliphatic rings. The van der Waals surface area contributed by atoms with Crippen LogP contribution in [0.15, 0.2) is 18.2 Å². The lowest BCUT2D eigenvalue weighted by molar-refractivity contribution is -0.146. The highest BCUT2D eigenvalue weighted by atomic mass is 16.5. The fraction of sp³-hybridized carbons (Fsp3) is 0.500. The van der Waals surface area contributed by atoms with Gasteiger partial charge in [0, 0.05) is 13.6 Å². The highest BCUT2D eigenvalue weighted by Crippen LogP contribution is 2.28. The molecule has 0 unspecified atom stereocenters. The first kappa shape index (κ1) is 15.3. The Labute approximate surface area is 113 Å². The molecule has 0 saturated carbocycles. The predicted octanol–water partition coefficient (Wildman–Crippen LogP) is 1.43. The van der Waals surface area contributed by atoms with E-state index in [9.17, 15) is 9.90 Å². The molecule has 0 radical (unpaired) electrons. The first-order chi connectivity index (χ1) is 8.79. The molecule has 5 heteroatoms. The van der Waals surface area contributed by atoms with Crippen LogP contribution in [0.4, 0.5) is 0 Å². The molecular formula is C14H21NO4. The molecule has 5 nitrogen and oxygen atoms in total. The summed E-state index contributed by atoms with van der Waals surface area (Å²) in [5, 5.41) is 9.68. The quantitative estimate of drug-likeness (QED) is 0.877. The molecule has 1 rings (SSSR count). The fourth-order valence-corrected chi connectivity index (χ4v) is 1.79. The van der Waals surface area contributed by atoms with Gasteiger partial charge >= 0.3 is 0 Å². The number of aliphatic hydroxyl groups is 1. The van der Waals surface area contributed by atoms with Crippen molar-refractivity contribution >= 4 is 5.91 Å². The van der Waals surface area contributed by atoms with Crippen molar-refractivity contribution in [1.29, 1.82) is 0 Å². The van der Waals surface area contributed by atoms with Gasteiger partial charge in [-0.05, 0) is 31.5 Å². The molecule has 0 aliphatic heterocycles. The number of ether oxygens (including phenoxy) is 2. The lowest BCUT2D eigenvalue weighted by Gasteiger charge is -2.25. The van der Waals surface area contributed by atoms with E-state index in [0.29, 0.717) is 18.0 Å². The Bertz CT molecular complexity index is 451. The topological polar surface area (TPSA) is 59.0 Å². The van der Waals surface area contributed by atoms with Crippen molar-refractivity contribution in [2.24, 2.45) is 0 Å². The third-order valence-electron chi connectivity index (χ3n) is 2.74. The van der Waals surface area contributed by atoms with E-state index in [0.717, 1.165) is 5.56 Å². The number of benzene rings is 1.